The number of furan rings is 1. The largest absolute Gasteiger partial charge is 0.661 e. The molecule has 0 fully saturated rings. The second-order valence-corrected chi connectivity index (χ2v) is 3.55. The van der Waals surface area contributed by atoms with E-state index >= 15 is 0 Å². The van der Waals surface area contributed by atoms with Crippen molar-refractivity contribution in [3.05, 3.63) is 63.4 Å². The Balaban J connectivity index is 2.36. The molecule has 0 atom stereocenters. The molecule has 0 amide bonds. The van der Waals surface area contributed by atoms with Crippen LogP contribution >= 0.6 is 0 Å². The van der Waals surface area contributed by atoms with Crippen LogP contribution in [0.2, 0.25) is 0 Å². The Kier molecular flexibility index (Phi) is 1.90. The molecule has 0 aliphatic carbocycles. The molecule has 2 aromatic rings. The molecule has 0 saturated heterocycles. The maximum Gasteiger partial charge on any atom is 0.151 e. The first kappa shape index (κ1) is 8.97. The van der Waals surface area contributed by atoms with Gasteiger partial charge in [0.25, 0.3) is 0 Å². The molecular formula is C13H9N2O-. The summed E-state index contributed by atoms with van der Waals surface area (Å²) in [6.45, 7) is 3.79. The van der Waals surface area contributed by atoms with E-state index in [0.717, 1.165) is 27.1 Å². The Hall–Kier alpha value is -2.29. The zero-order valence-corrected chi connectivity index (χ0v) is 8.55. The highest BCUT2D eigenvalue weighted by atomic mass is 16.3. The first-order chi connectivity index (χ1) is 7.83. The van der Waals surface area contributed by atoms with Crippen LogP contribution in [0, 0.1) is 10.8 Å². The number of fused-ring (bicyclic) bond motifs is 1. The molecule has 0 spiro atoms. The fourth-order valence-electron chi connectivity index (χ4n) is 1.57. The summed E-state index contributed by atoms with van der Waals surface area (Å²) < 4.78 is 5.65. The van der Waals surface area contributed by atoms with Gasteiger partial charge < -0.3 is 9.73 Å². The van der Waals surface area contributed by atoms with E-state index in [9.17, 15) is 0 Å². The molecule has 3 nitrogen and oxygen atoms in total. The second-order valence-electron chi connectivity index (χ2n) is 3.55. The van der Waals surface area contributed by atoms with E-state index in [1.54, 1.807) is 12.4 Å². The second kappa shape index (κ2) is 3.38. The molecule has 1 aliphatic heterocycles. The molecule has 16 heavy (non-hydrogen) atoms. The lowest BCUT2D eigenvalue weighted by molar-refractivity contribution is 0.504. The molecule has 0 unspecified atom stereocenters. The Morgan fingerprint density at radius 2 is 2.25 bits per heavy atom. The highest BCUT2D eigenvalue weighted by Crippen LogP contribution is 2.17. The molecule has 3 rings (SSSR count). The smallest absolute Gasteiger partial charge is 0.151 e. The summed E-state index contributed by atoms with van der Waals surface area (Å²) in [5.41, 5.74) is 2.35. The van der Waals surface area contributed by atoms with Gasteiger partial charge in [-0.25, -0.2) is 0 Å². The van der Waals surface area contributed by atoms with Crippen LogP contribution in [-0.4, -0.2) is 4.98 Å². The van der Waals surface area contributed by atoms with Gasteiger partial charge in [-0.2, -0.15) is 6.20 Å². The van der Waals surface area contributed by atoms with E-state index in [1.165, 1.54) is 0 Å². The molecule has 3 heterocycles. The van der Waals surface area contributed by atoms with Gasteiger partial charge in [-0.05, 0) is 23.4 Å². The van der Waals surface area contributed by atoms with Crippen molar-refractivity contribution in [1.82, 2.24) is 4.98 Å². The number of aromatic nitrogens is 1. The lowest BCUT2D eigenvalue weighted by Gasteiger charge is -2.13. The SMILES string of the molecule is C=c1ccc(=c2cc3c(o2)=CC=C[N-]3)nc1. The predicted octanol–water partition coefficient (Wildman–Crippen LogP) is 1.68. The number of allylic oxidation sites excluding steroid dienone is 1. The summed E-state index contributed by atoms with van der Waals surface area (Å²) in [6.07, 6.45) is 7.20. The topological polar surface area (TPSA) is 40.1 Å². The monoisotopic (exact) mass is 209 g/mol. The average Bonchev–Trinajstić information content (AvgIpc) is 2.73. The van der Waals surface area contributed by atoms with Crippen LogP contribution < -0.4 is 10.6 Å². The van der Waals surface area contributed by atoms with Crippen LogP contribution in [0.15, 0.2) is 41.1 Å². The van der Waals surface area contributed by atoms with Gasteiger partial charge in [0.05, 0.1) is 0 Å². The quantitative estimate of drug-likeness (QED) is 0.662. The average molecular weight is 209 g/mol. The van der Waals surface area contributed by atoms with Crippen molar-refractivity contribution in [1.29, 1.82) is 0 Å². The minimum atomic E-state index is 0.730. The fraction of sp³-hybridized carbons (Fsp3) is 0. The maximum atomic E-state index is 5.65. The van der Waals surface area contributed by atoms with Crippen molar-refractivity contribution in [2.45, 2.75) is 0 Å². The van der Waals surface area contributed by atoms with Crippen LogP contribution in [-0.2, 0) is 0 Å². The van der Waals surface area contributed by atoms with Crippen molar-refractivity contribution < 1.29 is 4.42 Å². The molecule has 3 heteroatoms. The van der Waals surface area contributed by atoms with E-state index in [4.69, 9.17) is 4.42 Å². The standard InChI is InChI=1S/C13H9N2O/c1-9-4-5-10(15-8-9)13-7-11-12(16-13)3-2-6-14-11/h2-8H,1H2/q-1. The Morgan fingerprint density at radius 1 is 1.31 bits per heavy atom. The third kappa shape index (κ3) is 1.42. The van der Waals surface area contributed by atoms with E-state index in [-0.39, 0.29) is 0 Å². The lowest BCUT2D eigenvalue weighted by Crippen LogP contribution is -1.96. The summed E-state index contributed by atoms with van der Waals surface area (Å²) in [6, 6.07) is 5.68. The number of hydrogen-bond acceptors (Lipinski definition) is 2. The normalized spacial score (nSPS) is 15.0. The maximum absolute atomic E-state index is 5.65. The zero-order valence-electron chi connectivity index (χ0n) is 8.55. The third-order valence-electron chi connectivity index (χ3n) is 2.36. The summed E-state index contributed by atoms with van der Waals surface area (Å²) in [4.78, 5) is 4.26. The summed E-state index contributed by atoms with van der Waals surface area (Å²) in [7, 11) is 0. The summed E-state index contributed by atoms with van der Waals surface area (Å²) in [5.74, 6) is 0. The van der Waals surface area contributed by atoms with Crippen molar-refractivity contribution in [3.8, 4) is 0 Å². The van der Waals surface area contributed by atoms with Crippen LogP contribution in [0.5, 0.6) is 0 Å². The number of pyridine rings is 1. The van der Waals surface area contributed by atoms with Gasteiger partial charge in [-0.3, -0.25) is 4.98 Å². The van der Waals surface area contributed by atoms with Crippen molar-refractivity contribution in [2.75, 3.05) is 0 Å². The fourth-order valence-corrected chi connectivity index (χ4v) is 1.57. The first-order valence-electron chi connectivity index (χ1n) is 4.96. The number of hydrogen-bond donors (Lipinski definition) is 0. The number of rotatable bonds is 0. The van der Waals surface area contributed by atoms with Gasteiger partial charge in [0, 0.05) is 6.20 Å². The minimum Gasteiger partial charge on any atom is -0.661 e. The Bertz CT molecular complexity index is 733. The van der Waals surface area contributed by atoms with E-state index < -0.39 is 0 Å². The van der Waals surface area contributed by atoms with Crippen LogP contribution in [0.25, 0.3) is 18.0 Å². The molecule has 78 valence electrons. The molecule has 0 radical (unpaired) electrons. The Labute approximate surface area is 91.7 Å². The van der Waals surface area contributed by atoms with Gasteiger partial charge in [-0.1, -0.05) is 24.4 Å². The van der Waals surface area contributed by atoms with Gasteiger partial charge in [-0.15, -0.1) is 0 Å². The molecule has 2 aromatic heterocycles. The van der Waals surface area contributed by atoms with Gasteiger partial charge in [0.1, 0.15) is 10.8 Å². The third-order valence-corrected chi connectivity index (χ3v) is 2.36. The van der Waals surface area contributed by atoms with Gasteiger partial charge in [0.15, 0.2) is 5.42 Å². The highest BCUT2D eigenvalue weighted by molar-refractivity contribution is 5.60. The molecule has 0 saturated carbocycles. The summed E-state index contributed by atoms with van der Waals surface area (Å²) >= 11 is 0. The predicted molar refractivity (Wildman–Crippen MR) is 62.0 cm³/mol. The van der Waals surface area contributed by atoms with Crippen LogP contribution in [0.4, 0.5) is 5.69 Å². The Morgan fingerprint density at radius 3 is 3.00 bits per heavy atom. The lowest BCUT2D eigenvalue weighted by atomic mass is 10.3. The molecule has 0 aromatic carbocycles. The molecule has 0 bridgehead atoms. The summed E-state index contributed by atoms with van der Waals surface area (Å²) in [5, 5.41) is 5.89. The van der Waals surface area contributed by atoms with Crippen molar-refractivity contribution in [2.24, 2.45) is 0 Å². The van der Waals surface area contributed by atoms with Gasteiger partial charge >= 0.3 is 0 Å². The van der Waals surface area contributed by atoms with E-state index in [2.05, 4.69) is 16.9 Å². The van der Waals surface area contributed by atoms with E-state index in [0.29, 0.717) is 0 Å². The minimum absolute atomic E-state index is 0.730. The first-order valence-corrected chi connectivity index (χ1v) is 4.96. The molecular weight excluding hydrogens is 200 g/mol. The molecule has 1 aliphatic rings. The zero-order chi connectivity index (χ0) is 11.0. The van der Waals surface area contributed by atoms with Crippen molar-refractivity contribution in [3.63, 3.8) is 0 Å². The van der Waals surface area contributed by atoms with Gasteiger partial charge in [0.2, 0.25) is 0 Å². The van der Waals surface area contributed by atoms with Crippen LogP contribution in [0.1, 0.15) is 0 Å². The molecule has 0 N–H and O–H groups in total. The van der Waals surface area contributed by atoms with Crippen molar-refractivity contribution >= 4 is 18.3 Å². The number of nitrogens with zero attached hydrogens (tertiary/aromatic N) is 2. The van der Waals surface area contributed by atoms with Crippen LogP contribution in [0.3, 0.4) is 0 Å². The van der Waals surface area contributed by atoms with E-state index in [1.807, 2.05) is 30.4 Å². The highest BCUT2D eigenvalue weighted by Gasteiger charge is 1.94.